The van der Waals surface area contributed by atoms with Crippen LogP contribution < -0.4 is 0 Å². The lowest BCUT2D eigenvalue weighted by Gasteiger charge is -1.93. The molecule has 0 amide bonds. The fourth-order valence-corrected chi connectivity index (χ4v) is 2.66. The van der Waals surface area contributed by atoms with Gasteiger partial charge in [-0.1, -0.05) is 23.7 Å². The van der Waals surface area contributed by atoms with Gasteiger partial charge >= 0.3 is 0 Å². The summed E-state index contributed by atoms with van der Waals surface area (Å²) in [5.74, 6) is 0. The summed E-state index contributed by atoms with van der Waals surface area (Å²) in [6.07, 6.45) is 0. The van der Waals surface area contributed by atoms with Crippen LogP contribution in [0.2, 0.25) is 5.02 Å². The molecule has 0 unspecified atom stereocenters. The van der Waals surface area contributed by atoms with Gasteiger partial charge in [-0.2, -0.15) is 0 Å². The lowest BCUT2D eigenvalue weighted by molar-refractivity contribution is 1.53. The number of rotatable bonds is 0. The van der Waals surface area contributed by atoms with Crippen molar-refractivity contribution < 1.29 is 0 Å². The Morgan fingerprint density at radius 1 is 1.07 bits per heavy atom. The van der Waals surface area contributed by atoms with E-state index in [1.54, 1.807) is 0 Å². The molecule has 3 rings (SSSR count). The Hall–Kier alpha value is -0.740. The Morgan fingerprint density at radius 3 is 2.80 bits per heavy atom. The molecule has 1 N–H and O–H groups in total. The number of benzene rings is 2. The molecule has 0 atom stereocenters. The van der Waals surface area contributed by atoms with Crippen LogP contribution in [-0.2, 0) is 0 Å². The maximum atomic E-state index is 6.00. The highest BCUT2D eigenvalue weighted by atomic mass is 127. The Morgan fingerprint density at radius 2 is 1.93 bits per heavy atom. The van der Waals surface area contributed by atoms with Crippen LogP contribution in [0.3, 0.4) is 0 Å². The van der Waals surface area contributed by atoms with Crippen LogP contribution in [0.5, 0.6) is 0 Å². The summed E-state index contributed by atoms with van der Waals surface area (Å²) in [4.78, 5) is 3.41. The molecule has 1 heterocycles. The van der Waals surface area contributed by atoms with Gasteiger partial charge in [0.25, 0.3) is 0 Å². The van der Waals surface area contributed by atoms with Gasteiger partial charge in [0.05, 0.1) is 5.52 Å². The molecule has 15 heavy (non-hydrogen) atoms. The Bertz CT molecular complexity index is 657. The van der Waals surface area contributed by atoms with Gasteiger partial charge in [0.2, 0.25) is 0 Å². The van der Waals surface area contributed by atoms with Gasteiger partial charge in [-0.15, -0.1) is 0 Å². The summed E-state index contributed by atoms with van der Waals surface area (Å²) in [6, 6.07) is 12.2. The minimum absolute atomic E-state index is 0.780. The van der Waals surface area contributed by atoms with Crippen LogP contribution in [-0.4, -0.2) is 4.98 Å². The molecule has 2 aromatic carbocycles. The van der Waals surface area contributed by atoms with Crippen LogP contribution >= 0.6 is 34.2 Å². The molecular formula is C12H7ClIN. The summed E-state index contributed by atoms with van der Waals surface area (Å²) in [6.45, 7) is 0. The molecule has 0 aliphatic carbocycles. The minimum atomic E-state index is 0.780. The summed E-state index contributed by atoms with van der Waals surface area (Å²) >= 11 is 8.34. The zero-order chi connectivity index (χ0) is 10.4. The summed E-state index contributed by atoms with van der Waals surface area (Å²) in [7, 11) is 0. The minimum Gasteiger partial charge on any atom is -0.354 e. The number of halogens is 2. The predicted octanol–water partition coefficient (Wildman–Crippen LogP) is 4.58. The molecule has 0 aliphatic heterocycles. The van der Waals surface area contributed by atoms with Crippen molar-refractivity contribution in [2.24, 2.45) is 0 Å². The monoisotopic (exact) mass is 327 g/mol. The lowest BCUT2D eigenvalue weighted by atomic mass is 10.1. The van der Waals surface area contributed by atoms with Crippen molar-refractivity contribution >= 4 is 56.0 Å². The third-order valence-corrected chi connectivity index (χ3v) is 3.68. The van der Waals surface area contributed by atoms with Crippen molar-refractivity contribution in [3.8, 4) is 0 Å². The Labute approximate surface area is 106 Å². The largest absolute Gasteiger partial charge is 0.354 e. The first-order valence-corrected chi connectivity index (χ1v) is 6.07. The third-order valence-electron chi connectivity index (χ3n) is 2.55. The number of para-hydroxylation sites is 1. The van der Waals surface area contributed by atoms with E-state index in [9.17, 15) is 0 Å². The second-order valence-electron chi connectivity index (χ2n) is 3.48. The van der Waals surface area contributed by atoms with Crippen molar-refractivity contribution in [1.82, 2.24) is 4.98 Å². The maximum absolute atomic E-state index is 6.00. The van der Waals surface area contributed by atoms with Gasteiger partial charge in [-0.3, -0.25) is 0 Å². The summed E-state index contributed by atoms with van der Waals surface area (Å²) in [5, 5.41) is 3.21. The first-order valence-electron chi connectivity index (χ1n) is 4.61. The fraction of sp³-hybridized carbons (Fsp3) is 0. The molecule has 74 valence electrons. The van der Waals surface area contributed by atoms with Gasteiger partial charge in [-0.25, -0.2) is 0 Å². The number of H-pyrrole nitrogens is 1. The zero-order valence-corrected chi connectivity index (χ0v) is 10.6. The molecular weight excluding hydrogens is 320 g/mol. The maximum Gasteiger partial charge on any atom is 0.0600 e. The standard InChI is InChI=1S/C12H7ClIN/c13-7-4-5-11-9(6-7)8-2-1-3-10(14)12(8)15-11/h1-6,15H. The van der Waals surface area contributed by atoms with Crippen LogP contribution in [0.15, 0.2) is 36.4 Å². The quantitative estimate of drug-likeness (QED) is 0.582. The van der Waals surface area contributed by atoms with E-state index >= 15 is 0 Å². The third kappa shape index (κ3) is 1.43. The molecule has 0 fully saturated rings. The molecule has 0 bridgehead atoms. The van der Waals surface area contributed by atoms with E-state index in [-0.39, 0.29) is 0 Å². The highest BCUT2D eigenvalue weighted by molar-refractivity contribution is 14.1. The van der Waals surface area contributed by atoms with Crippen LogP contribution in [0, 0.1) is 3.57 Å². The Balaban J connectivity index is 2.58. The van der Waals surface area contributed by atoms with E-state index in [4.69, 9.17) is 11.6 Å². The zero-order valence-electron chi connectivity index (χ0n) is 7.72. The fourth-order valence-electron chi connectivity index (χ4n) is 1.86. The molecule has 0 radical (unpaired) electrons. The smallest absolute Gasteiger partial charge is 0.0600 e. The number of hydrogen-bond acceptors (Lipinski definition) is 0. The van der Waals surface area contributed by atoms with Crippen molar-refractivity contribution in [1.29, 1.82) is 0 Å². The lowest BCUT2D eigenvalue weighted by Crippen LogP contribution is -1.72. The van der Waals surface area contributed by atoms with Gasteiger partial charge in [-0.05, 0) is 46.9 Å². The number of hydrogen-bond donors (Lipinski definition) is 1. The van der Waals surface area contributed by atoms with Crippen LogP contribution in [0.4, 0.5) is 0 Å². The molecule has 0 spiro atoms. The second kappa shape index (κ2) is 3.39. The molecule has 0 aliphatic rings. The number of nitrogens with one attached hydrogen (secondary N) is 1. The number of aromatic amines is 1. The van der Waals surface area contributed by atoms with E-state index in [1.165, 1.54) is 19.9 Å². The van der Waals surface area contributed by atoms with Gasteiger partial charge in [0, 0.05) is 24.9 Å². The molecule has 0 saturated carbocycles. The normalized spacial score (nSPS) is 11.3. The highest BCUT2D eigenvalue weighted by Crippen LogP contribution is 2.29. The van der Waals surface area contributed by atoms with Gasteiger partial charge in [0.15, 0.2) is 0 Å². The molecule has 0 saturated heterocycles. The first kappa shape index (κ1) is 9.48. The van der Waals surface area contributed by atoms with E-state index in [2.05, 4.69) is 45.8 Å². The summed E-state index contributed by atoms with van der Waals surface area (Å²) < 4.78 is 1.23. The average molecular weight is 328 g/mol. The van der Waals surface area contributed by atoms with E-state index in [0.717, 1.165) is 10.5 Å². The molecule has 3 heteroatoms. The SMILES string of the molecule is Clc1ccc2[nH]c3c(I)cccc3c2c1. The van der Waals surface area contributed by atoms with Crippen molar-refractivity contribution in [2.75, 3.05) is 0 Å². The average Bonchev–Trinajstić information content (AvgIpc) is 2.58. The van der Waals surface area contributed by atoms with E-state index in [1.807, 2.05) is 18.2 Å². The second-order valence-corrected chi connectivity index (χ2v) is 5.08. The van der Waals surface area contributed by atoms with E-state index in [0.29, 0.717) is 0 Å². The van der Waals surface area contributed by atoms with Crippen LogP contribution in [0.25, 0.3) is 21.8 Å². The molecule has 1 aromatic heterocycles. The van der Waals surface area contributed by atoms with Crippen molar-refractivity contribution in [2.45, 2.75) is 0 Å². The number of aromatic nitrogens is 1. The highest BCUT2D eigenvalue weighted by Gasteiger charge is 2.06. The van der Waals surface area contributed by atoms with E-state index < -0.39 is 0 Å². The van der Waals surface area contributed by atoms with Gasteiger partial charge in [0.1, 0.15) is 0 Å². The number of fused-ring (bicyclic) bond motifs is 3. The van der Waals surface area contributed by atoms with Gasteiger partial charge < -0.3 is 4.98 Å². The van der Waals surface area contributed by atoms with Crippen molar-refractivity contribution in [3.05, 3.63) is 45.0 Å². The molecule has 3 aromatic rings. The van der Waals surface area contributed by atoms with Crippen LogP contribution in [0.1, 0.15) is 0 Å². The summed E-state index contributed by atoms with van der Waals surface area (Å²) in [5.41, 5.74) is 2.33. The Kier molecular flexibility index (Phi) is 2.14. The topological polar surface area (TPSA) is 15.8 Å². The predicted molar refractivity (Wildman–Crippen MR) is 73.5 cm³/mol. The van der Waals surface area contributed by atoms with Crippen molar-refractivity contribution in [3.63, 3.8) is 0 Å². The molecule has 1 nitrogen and oxygen atoms in total. The first-order chi connectivity index (χ1) is 7.25.